The molecule has 0 saturated carbocycles. The van der Waals surface area contributed by atoms with E-state index in [1.54, 1.807) is 14.2 Å². The van der Waals surface area contributed by atoms with Crippen molar-refractivity contribution in [1.82, 2.24) is 4.98 Å². The maximum absolute atomic E-state index is 5.87. The maximum atomic E-state index is 5.87. The number of hydrogen-bond donors (Lipinski definition) is 0. The lowest BCUT2D eigenvalue weighted by molar-refractivity contribution is 0.220. The summed E-state index contributed by atoms with van der Waals surface area (Å²) >= 11 is 0. The highest BCUT2D eigenvalue weighted by Gasteiger charge is 2.20. The van der Waals surface area contributed by atoms with Crippen molar-refractivity contribution < 1.29 is 14.2 Å². The van der Waals surface area contributed by atoms with Gasteiger partial charge in [-0.3, -0.25) is 0 Å². The smallest absolute Gasteiger partial charge is 0.212 e. The van der Waals surface area contributed by atoms with Gasteiger partial charge in [-0.15, -0.1) is 0 Å². The topological polar surface area (TPSA) is 40.6 Å². The van der Waals surface area contributed by atoms with Crippen molar-refractivity contribution in [2.75, 3.05) is 20.8 Å². The van der Waals surface area contributed by atoms with Crippen LogP contribution in [0.4, 0.5) is 0 Å². The van der Waals surface area contributed by atoms with Gasteiger partial charge in [0.1, 0.15) is 11.5 Å². The Hall–Kier alpha value is -2.23. The highest BCUT2D eigenvalue weighted by Crippen LogP contribution is 2.32. The molecule has 1 aromatic carbocycles. The Morgan fingerprint density at radius 1 is 1.19 bits per heavy atom. The molecular weight excluding hydrogens is 266 g/mol. The minimum Gasteiger partial charge on any atom is -0.497 e. The molecule has 0 fully saturated rings. The molecule has 1 aliphatic rings. The molecule has 0 saturated heterocycles. The van der Waals surface area contributed by atoms with Crippen LogP contribution in [-0.2, 0) is 12.8 Å². The zero-order valence-electron chi connectivity index (χ0n) is 12.3. The first-order valence-corrected chi connectivity index (χ1v) is 7.07. The van der Waals surface area contributed by atoms with Crippen LogP contribution in [0.25, 0.3) is 0 Å². The summed E-state index contributed by atoms with van der Waals surface area (Å²) in [6, 6.07) is 10.00. The van der Waals surface area contributed by atoms with Crippen molar-refractivity contribution in [2.24, 2.45) is 5.92 Å². The molecule has 0 spiro atoms. The Labute approximate surface area is 124 Å². The summed E-state index contributed by atoms with van der Waals surface area (Å²) in [5.41, 5.74) is 2.45. The number of benzene rings is 1. The number of pyridine rings is 1. The minimum atomic E-state index is 0.473. The fourth-order valence-electron chi connectivity index (χ4n) is 2.66. The molecule has 2 heterocycles. The summed E-state index contributed by atoms with van der Waals surface area (Å²) in [5.74, 6) is 2.90. The van der Waals surface area contributed by atoms with Crippen molar-refractivity contribution in [3.63, 3.8) is 0 Å². The molecule has 0 unspecified atom stereocenters. The molecule has 1 aromatic heterocycles. The van der Waals surface area contributed by atoms with Crippen LogP contribution in [-0.4, -0.2) is 25.8 Å². The van der Waals surface area contributed by atoms with Gasteiger partial charge in [-0.25, -0.2) is 4.98 Å². The molecule has 1 aliphatic heterocycles. The van der Waals surface area contributed by atoms with Gasteiger partial charge in [0, 0.05) is 24.2 Å². The zero-order chi connectivity index (χ0) is 14.7. The number of aromatic nitrogens is 1. The van der Waals surface area contributed by atoms with E-state index in [1.807, 2.05) is 24.4 Å². The van der Waals surface area contributed by atoms with Gasteiger partial charge in [0.15, 0.2) is 0 Å². The zero-order valence-corrected chi connectivity index (χ0v) is 12.3. The molecule has 2 aromatic rings. The van der Waals surface area contributed by atoms with Gasteiger partial charge in [0.2, 0.25) is 5.88 Å². The molecule has 0 N–H and O–H groups in total. The predicted molar refractivity (Wildman–Crippen MR) is 80.2 cm³/mol. The van der Waals surface area contributed by atoms with Gasteiger partial charge in [-0.05, 0) is 30.0 Å². The third-order valence-electron chi connectivity index (χ3n) is 3.79. The summed E-state index contributed by atoms with van der Waals surface area (Å²) in [5, 5.41) is 0. The van der Waals surface area contributed by atoms with E-state index in [2.05, 4.69) is 17.1 Å². The quantitative estimate of drug-likeness (QED) is 0.866. The molecular formula is C17H19NO3. The van der Waals surface area contributed by atoms with Crippen LogP contribution in [0.1, 0.15) is 11.1 Å². The van der Waals surface area contributed by atoms with E-state index in [-0.39, 0.29) is 0 Å². The monoisotopic (exact) mass is 285 g/mol. The highest BCUT2D eigenvalue weighted by atomic mass is 16.5. The first kappa shape index (κ1) is 13.7. The SMILES string of the molecule is COc1ccc2c(c1)OC[C@H](Cc1ccc(OC)nc1)C2. The van der Waals surface area contributed by atoms with Crippen LogP contribution in [0.2, 0.25) is 0 Å². The second-order valence-corrected chi connectivity index (χ2v) is 5.27. The Bertz CT molecular complexity index is 610. The molecule has 110 valence electrons. The molecule has 0 aliphatic carbocycles. The molecule has 4 heteroatoms. The summed E-state index contributed by atoms with van der Waals surface area (Å²) in [6.45, 7) is 0.728. The number of nitrogens with zero attached hydrogens (tertiary/aromatic N) is 1. The lowest BCUT2D eigenvalue weighted by Gasteiger charge is -2.25. The van der Waals surface area contributed by atoms with Gasteiger partial charge < -0.3 is 14.2 Å². The third kappa shape index (κ3) is 3.10. The van der Waals surface area contributed by atoms with Crippen molar-refractivity contribution in [1.29, 1.82) is 0 Å². The van der Waals surface area contributed by atoms with Gasteiger partial charge >= 0.3 is 0 Å². The van der Waals surface area contributed by atoms with E-state index in [4.69, 9.17) is 14.2 Å². The fraction of sp³-hybridized carbons (Fsp3) is 0.353. The van der Waals surface area contributed by atoms with Gasteiger partial charge in [-0.2, -0.15) is 0 Å². The molecule has 4 nitrogen and oxygen atoms in total. The molecule has 0 radical (unpaired) electrons. The maximum Gasteiger partial charge on any atom is 0.212 e. The van der Waals surface area contributed by atoms with Gasteiger partial charge in [-0.1, -0.05) is 12.1 Å². The van der Waals surface area contributed by atoms with E-state index >= 15 is 0 Å². The van der Waals surface area contributed by atoms with Crippen molar-refractivity contribution in [3.05, 3.63) is 47.7 Å². The lowest BCUT2D eigenvalue weighted by atomic mass is 9.91. The number of hydrogen-bond acceptors (Lipinski definition) is 4. The van der Waals surface area contributed by atoms with Crippen LogP contribution in [0.3, 0.4) is 0 Å². The first-order chi connectivity index (χ1) is 10.3. The second kappa shape index (κ2) is 6.04. The summed E-state index contributed by atoms with van der Waals surface area (Å²) in [4.78, 5) is 4.25. The number of methoxy groups -OCH3 is 2. The third-order valence-corrected chi connectivity index (χ3v) is 3.79. The van der Waals surface area contributed by atoms with Crippen LogP contribution >= 0.6 is 0 Å². The first-order valence-electron chi connectivity index (χ1n) is 7.07. The standard InChI is InChI=1S/C17H19NO3/c1-19-15-5-4-14-8-13(11-21-16(14)9-15)7-12-3-6-17(20-2)18-10-12/h3-6,9-10,13H,7-8,11H2,1-2H3/t13-/m1/s1. The lowest BCUT2D eigenvalue weighted by Crippen LogP contribution is -2.22. The molecule has 21 heavy (non-hydrogen) atoms. The Kier molecular flexibility index (Phi) is 3.95. The van der Waals surface area contributed by atoms with Gasteiger partial charge in [0.25, 0.3) is 0 Å². The van der Waals surface area contributed by atoms with E-state index in [1.165, 1.54) is 11.1 Å². The van der Waals surface area contributed by atoms with Crippen LogP contribution in [0, 0.1) is 5.92 Å². The van der Waals surface area contributed by atoms with Crippen LogP contribution in [0.15, 0.2) is 36.5 Å². The summed E-state index contributed by atoms with van der Waals surface area (Å²) in [7, 11) is 3.30. The van der Waals surface area contributed by atoms with E-state index in [0.29, 0.717) is 11.8 Å². The minimum absolute atomic E-state index is 0.473. The highest BCUT2D eigenvalue weighted by molar-refractivity contribution is 5.42. The van der Waals surface area contributed by atoms with Crippen molar-refractivity contribution >= 4 is 0 Å². The average molecular weight is 285 g/mol. The van der Waals surface area contributed by atoms with Crippen LogP contribution < -0.4 is 14.2 Å². The summed E-state index contributed by atoms with van der Waals surface area (Å²) < 4.78 is 16.2. The number of ether oxygens (including phenoxy) is 3. The van der Waals surface area contributed by atoms with Crippen molar-refractivity contribution in [2.45, 2.75) is 12.8 Å². The molecule has 3 rings (SSSR count). The Balaban J connectivity index is 1.68. The predicted octanol–water partition coefficient (Wildman–Crippen LogP) is 2.89. The van der Waals surface area contributed by atoms with E-state index < -0.39 is 0 Å². The molecule has 0 amide bonds. The van der Waals surface area contributed by atoms with Crippen molar-refractivity contribution in [3.8, 4) is 17.4 Å². The average Bonchev–Trinajstić information content (AvgIpc) is 2.55. The van der Waals surface area contributed by atoms with E-state index in [9.17, 15) is 0 Å². The molecule has 1 atom stereocenters. The fourth-order valence-corrected chi connectivity index (χ4v) is 2.66. The van der Waals surface area contributed by atoms with Gasteiger partial charge in [0.05, 0.1) is 20.8 Å². The van der Waals surface area contributed by atoms with Crippen LogP contribution in [0.5, 0.6) is 17.4 Å². The number of fused-ring (bicyclic) bond motifs is 1. The molecule has 0 bridgehead atoms. The Morgan fingerprint density at radius 3 is 2.81 bits per heavy atom. The normalized spacial score (nSPS) is 16.8. The van der Waals surface area contributed by atoms with E-state index in [0.717, 1.165) is 30.9 Å². The summed E-state index contributed by atoms with van der Waals surface area (Å²) in [6.07, 6.45) is 3.86. The number of rotatable bonds is 4. The largest absolute Gasteiger partial charge is 0.497 e. The Morgan fingerprint density at radius 2 is 2.10 bits per heavy atom. The second-order valence-electron chi connectivity index (χ2n) is 5.27.